The number of nitrogens with two attached hydrogens (primary N) is 1. The normalized spacial score (nSPS) is 12.6. The van der Waals surface area contributed by atoms with Crippen LogP contribution in [0.5, 0.6) is 0 Å². The van der Waals surface area contributed by atoms with Crippen molar-refractivity contribution in [1.82, 2.24) is 13.7 Å². The third-order valence-electron chi connectivity index (χ3n) is 5.78. The molecule has 156 valence electrons. The fraction of sp³-hybridized carbons (Fsp3) is 0.304. The molecule has 0 aliphatic heterocycles. The van der Waals surface area contributed by atoms with Crippen LogP contribution in [0.4, 0.5) is 5.69 Å². The van der Waals surface area contributed by atoms with E-state index in [2.05, 4.69) is 23.6 Å². The molecule has 0 saturated carbocycles. The first kappa shape index (κ1) is 19.8. The van der Waals surface area contributed by atoms with E-state index in [4.69, 9.17) is 5.73 Å². The Bertz CT molecular complexity index is 1330. The van der Waals surface area contributed by atoms with Crippen LogP contribution in [0, 0.1) is 6.92 Å². The van der Waals surface area contributed by atoms with Crippen LogP contribution in [-0.4, -0.2) is 24.8 Å². The number of hydrogen-bond acceptors (Lipinski definition) is 3. The second kappa shape index (κ2) is 7.40. The van der Waals surface area contributed by atoms with Crippen LogP contribution in [0.2, 0.25) is 0 Å². The number of carboxylic acid groups (broad SMARTS) is 1. The lowest BCUT2D eigenvalue weighted by Gasteiger charge is -2.13. The zero-order valence-electron chi connectivity index (χ0n) is 17.4. The van der Waals surface area contributed by atoms with Gasteiger partial charge in [0.2, 0.25) is 0 Å². The molecule has 0 saturated heterocycles. The number of nitrogens with zero attached hydrogens (tertiary/aromatic N) is 3. The number of aliphatic carboxylic acids is 1. The minimum Gasteiger partial charge on any atom is -0.480 e. The smallest absolute Gasteiger partial charge is 0.330 e. The summed E-state index contributed by atoms with van der Waals surface area (Å²) in [5.74, 6) is -1.01. The van der Waals surface area contributed by atoms with Crippen LogP contribution >= 0.6 is 0 Å². The fourth-order valence-corrected chi connectivity index (χ4v) is 4.41. The molecular weight excluding hydrogens is 380 g/mol. The van der Waals surface area contributed by atoms with Gasteiger partial charge in [-0.15, -0.1) is 0 Å². The number of aryl methyl sites for hydroxylation is 2. The Morgan fingerprint density at radius 3 is 2.63 bits per heavy atom. The lowest BCUT2D eigenvalue weighted by atomic mass is 10.1. The molecule has 0 amide bonds. The van der Waals surface area contributed by atoms with Crippen LogP contribution in [0.1, 0.15) is 36.9 Å². The van der Waals surface area contributed by atoms with E-state index in [1.165, 1.54) is 4.57 Å². The number of benzene rings is 2. The summed E-state index contributed by atoms with van der Waals surface area (Å²) in [6.07, 6.45) is 3.06. The second-order valence-corrected chi connectivity index (χ2v) is 7.86. The number of carboxylic acids is 1. The molecule has 0 fully saturated rings. The Morgan fingerprint density at radius 2 is 1.93 bits per heavy atom. The summed E-state index contributed by atoms with van der Waals surface area (Å²) in [6, 6.07) is 10.4. The molecule has 0 aliphatic rings. The highest BCUT2D eigenvalue weighted by molar-refractivity contribution is 5.88. The monoisotopic (exact) mass is 406 g/mol. The molecule has 0 radical (unpaired) electrons. The zero-order valence-corrected chi connectivity index (χ0v) is 17.4. The molecule has 4 aromatic rings. The molecule has 7 nitrogen and oxygen atoms in total. The molecule has 4 rings (SSSR count). The average Bonchev–Trinajstić information content (AvgIpc) is 3.15. The van der Waals surface area contributed by atoms with Crippen LogP contribution in [0.25, 0.3) is 21.9 Å². The average molecular weight is 406 g/mol. The Labute approximate surface area is 173 Å². The predicted molar refractivity (Wildman–Crippen MR) is 119 cm³/mol. The third kappa shape index (κ3) is 3.07. The van der Waals surface area contributed by atoms with Crippen molar-refractivity contribution in [2.75, 3.05) is 5.73 Å². The first-order valence-corrected chi connectivity index (χ1v) is 10.1. The molecule has 0 unspecified atom stereocenters. The summed E-state index contributed by atoms with van der Waals surface area (Å²) in [7, 11) is 1.99. The van der Waals surface area contributed by atoms with Crippen LogP contribution < -0.4 is 11.4 Å². The van der Waals surface area contributed by atoms with Gasteiger partial charge in [0.25, 0.3) is 0 Å². The van der Waals surface area contributed by atoms with Crippen molar-refractivity contribution in [3.63, 3.8) is 0 Å². The van der Waals surface area contributed by atoms with Crippen molar-refractivity contribution < 1.29 is 9.90 Å². The molecule has 1 atom stereocenters. The topological polar surface area (TPSA) is 95.2 Å². The van der Waals surface area contributed by atoms with Crippen molar-refractivity contribution in [2.24, 2.45) is 7.05 Å². The van der Waals surface area contributed by atoms with Gasteiger partial charge in [-0.2, -0.15) is 0 Å². The summed E-state index contributed by atoms with van der Waals surface area (Å²) in [5, 5.41) is 10.9. The van der Waals surface area contributed by atoms with E-state index in [0.29, 0.717) is 36.1 Å². The number of anilines is 1. The highest BCUT2D eigenvalue weighted by Crippen LogP contribution is 2.27. The highest BCUT2D eigenvalue weighted by Gasteiger charge is 2.26. The maximum atomic E-state index is 13.5. The van der Waals surface area contributed by atoms with Crippen molar-refractivity contribution in [3.8, 4) is 0 Å². The lowest BCUT2D eigenvalue weighted by Crippen LogP contribution is -2.31. The van der Waals surface area contributed by atoms with E-state index in [1.807, 2.05) is 26.2 Å². The number of carbonyl (C=O) groups is 1. The first-order chi connectivity index (χ1) is 14.3. The van der Waals surface area contributed by atoms with Crippen molar-refractivity contribution in [2.45, 2.75) is 39.3 Å². The van der Waals surface area contributed by atoms with Gasteiger partial charge in [0, 0.05) is 29.8 Å². The second-order valence-electron chi connectivity index (χ2n) is 7.86. The lowest BCUT2D eigenvalue weighted by molar-refractivity contribution is -0.141. The van der Waals surface area contributed by atoms with Crippen molar-refractivity contribution in [1.29, 1.82) is 0 Å². The number of aromatic nitrogens is 3. The highest BCUT2D eigenvalue weighted by atomic mass is 16.4. The van der Waals surface area contributed by atoms with Gasteiger partial charge in [-0.05, 0) is 48.7 Å². The summed E-state index contributed by atoms with van der Waals surface area (Å²) >= 11 is 0. The zero-order chi connectivity index (χ0) is 21.6. The summed E-state index contributed by atoms with van der Waals surface area (Å²) in [4.78, 5) is 25.4. The van der Waals surface area contributed by atoms with E-state index >= 15 is 0 Å². The first-order valence-electron chi connectivity index (χ1n) is 10.1. The van der Waals surface area contributed by atoms with Gasteiger partial charge in [-0.1, -0.05) is 25.5 Å². The molecule has 0 spiro atoms. The molecule has 0 bridgehead atoms. The molecule has 2 aromatic carbocycles. The van der Waals surface area contributed by atoms with Gasteiger partial charge in [0.15, 0.2) is 0 Å². The minimum absolute atomic E-state index is 0.331. The van der Waals surface area contributed by atoms with Gasteiger partial charge < -0.3 is 15.4 Å². The summed E-state index contributed by atoms with van der Waals surface area (Å²) in [6.45, 7) is 4.32. The molecule has 30 heavy (non-hydrogen) atoms. The largest absolute Gasteiger partial charge is 0.480 e. The Morgan fingerprint density at radius 1 is 1.17 bits per heavy atom. The van der Waals surface area contributed by atoms with E-state index in [0.717, 1.165) is 22.0 Å². The Balaban J connectivity index is 1.96. The Kier molecular flexibility index (Phi) is 4.89. The van der Waals surface area contributed by atoms with Gasteiger partial charge in [0.05, 0.1) is 17.6 Å². The van der Waals surface area contributed by atoms with E-state index in [9.17, 15) is 14.7 Å². The van der Waals surface area contributed by atoms with Gasteiger partial charge in [-0.3, -0.25) is 9.13 Å². The number of rotatable bonds is 6. The van der Waals surface area contributed by atoms with Crippen LogP contribution in [0.15, 0.2) is 47.4 Å². The number of hydrogen-bond donors (Lipinski definition) is 2. The molecule has 7 heteroatoms. The van der Waals surface area contributed by atoms with Gasteiger partial charge >= 0.3 is 11.7 Å². The molecule has 3 N–H and O–H groups in total. The van der Waals surface area contributed by atoms with Crippen LogP contribution in [-0.2, 0) is 18.4 Å². The number of imidazole rings is 1. The summed E-state index contributed by atoms with van der Waals surface area (Å²) < 4.78 is 5.09. The van der Waals surface area contributed by atoms with Gasteiger partial charge in [-0.25, -0.2) is 9.59 Å². The molecule has 2 aromatic heterocycles. The van der Waals surface area contributed by atoms with E-state index in [-0.39, 0.29) is 5.69 Å². The third-order valence-corrected chi connectivity index (χ3v) is 5.78. The van der Waals surface area contributed by atoms with Crippen molar-refractivity contribution >= 4 is 33.6 Å². The number of fused-ring (bicyclic) bond motifs is 2. The SMILES string of the molecule is CCC[C@@H](C(=O)O)n1c(=O)n(Cc2cn(C)c3cccc(C)c23)c2ccc(N)cc21. The quantitative estimate of drug-likeness (QED) is 0.478. The standard InChI is InChI=1S/C23H26N4O3/c1-4-6-19(22(28)29)27-20-11-16(24)9-10-17(20)26(23(27)30)13-15-12-25(3)18-8-5-7-14(2)21(15)18/h5,7-12,19H,4,6,13,24H2,1-3H3,(H,28,29)/t19-/m0/s1. The predicted octanol–water partition coefficient (Wildman–Crippen LogP) is 3.66. The maximum absolute atomic E-state index is 13.5. The minimum atomic E-state index is -1.01. The van der Waals surface area contributed by atoms with E-state index < -0.39 is 12.0 Å². The maximum Gasteiger partial charge on any atom is 0.330 e. The molecule has 2 heterocycles. The molecule has 0 aliphatic carbocycles. The molecular formula is C23H26N4O3. The van der Waals surface area contributed by atoms with Crippen LogP contribution in [0.3, 0.4) is 0 Å². The summed E-state index contributed by atoms with van der Waals surface area (Å²) in [5.41, 5.74) is 10.6. The Hall–Kier alpha value is -3.48. The number of nitrogen functional groups attached to an aromatic ring is 1. The van der Waals surface area contributed by atoms with Gasteiger partial charge in [0.1, 0.15) is 6.04 Å². The van der Waals surface area contributed by atoms with Crippen molar-refractivity contribution in [3.05, 3.63) is 64.2 Å². The van der Waals surface area contributed by atoms with E-state index in [1.54, 1.807) is 22.8 Å². The fourth-order valence-electron chi connectivity index (χ4n) is 4.41.